The van der Waals surface area contributed by atoms with Gasteiger partial charge < -0.3 is 25.2 Å². The smallest absolute Gasteiger partial charge is 0.176 e. The highest BCUT2D eigenvalue weighted by atomic mass is 35.5. The van der Waals surface area contributed by atoms with Crippen LogP contribution in [0.4, 0.5) is 11.4 Å². The number of ether oxygens (including phenoxy) is 2. The summed E-state index contributed by atoms with van der Waals surface area (Å²) in [4.78, 5) is 13.7. The van der Waals surface area contributed by atoms with Gasteiger partial charge in [0, 0.05) is 17.7 Å². The molecule has 0 saturated heterocycles. The first-order valence-corrected chi connectivity index (χ1v) is 11.5. The Hall–Kier alpha value is -3.64. The van der Waals surface area contributed by atoms with Crippen molar-refractivity contribution < 1.29 is 19.4 Å². The number of aromatic hydroxyl groups is 1. The van der Waals surface area contributed by atoms with Crippen molar-refractivity contribution in [2.75, 3.05) is 24.9 Å². The van der Waals surface area contributed by atoms with E-state index >= 15 is 0 Å². The number of phenolic OH excluding ortho intramolecular Hbond substituents is 1. The molecule has 3 N–H and O–H groups in total. The molecule has 174 valence electrons. The molecule has 0 spiro atoms. The van der Waals surface area contributed by atoms with Crippen LogP contribution < -0.4 is 20.1 Å². The van der Waals surface area contributed by atoms with Crippen LogP contribution in [0.2, 0.25) is 5.02 Å². The lowest BCUT2D eigenvalue weighted by molar-refractivity contribution is -0.116. The highest BCUT2D eigenvalue weighted by Crippen LogP contribution is 2.46. The third-order valence-electron chi connectivity index (χ3n) is 6.50. The molecular weight excluding hydrogens is 452 g/mol. The Morgan fingerprint density at radius 3 is 2.38 bits per heavy atom. The largest absolute Gasteiger partial charge is 0.503 e. The van der Waals surface area contributed by atoms with Gasteiger partial charge in [0.1, 0.15) is 5.75 Å². The number of phenols is 1. The molecule has 3 aromatic carbocycles. The van der Waals surface area contributed by atoms with Crippen molar-refractivity contribution in [3.63, 3.8) is 0 Å². The Kier molecular flexibility index (Phi) is 5.84. The average molecular weight is 477 g/mol. The van der Waals surface area contributed by atoms with E-state index in [1.807, 2.05) is 48.5 Å². The molecule has 5 rings (SSSR count). The number of para-hydroxylation sites is 2. The number of nitrogens with one attached hydrogen (secondary N) is 2. The Morgan fingerprint density at radius 2 is 1.68 bits per heavy atom. The number of carbonyl (C=O) groups is 1. The van der Waals surface area contributed by atoms with E-state index in [1.54, 1.807) is 19.2 Å². The van der Waals surface area contributed by atoms with Crippen LogP contribution in [0.15, 0.2) is 71.9 Å². The number of methoxy groups -OCH3 is 2. The molecule has 0 bridgehead atoms. The summed E-state index contributed by atoms with van der Waals surface area (Å²) in [7, 11) is 3.11. The number of allylic oxidation sites excluding steroid dienone is 1. The Labute approximate surface area is 203 Å². The van der Waals surface area contributed by atoms with Gasteiger partial charge in [-0.3, -0.25) is 4.79 Å². The predicted octanol–water partition coefficient (Wildman–Crippen LogP) is 6.04. The van der Waals surface area contributed by atoms with Crippen molar-refractivity contribution in [2.45, 2.75) is 24.8 Å². The van der Waals surface area contributed by atoms with Gasteiger partial charge in [0.15, 0.2) is 17.3 Å². The second-order valence-corrected chi connectivity index (χ2v) is 8.90. The maximum Gasteiger partial charge on any atom is 0.176 e. The number of anilines is 2. The van der Waals surface area contributed by atoms with Crippen molar-refractivity contribution >= 4 is 28.8 Å². The summed E-state index contributed by atoms with van der Waals surface area (Å²) >= 11 is 6.31. The summed E-state index contributed by atoms with van der Waals surface area (Å²) < 4.78 is 10.6. The molecule has 6 nitrogen and oxygen atoms in total. The number of hydrogen-bond donors (Lipinski definition) is 3. The van der Waals surface area contributed by atoms with Gasteiger partial charge in [0.25, 0.3) is 0 Å². The highest BCUT2D eigenvalue weighted by molar-refractivity contribution is 6.32. The van der Waals surface area contributed by atoms with E-state index in [0.29, 0.717) is 18.4 Å². The van der Waals surface area contributed by atoms with Crippen molar-refractivity contribution in [1.29, 1.82) is 0 Å². The molecule has 2 atom stereocenters. The number of benzene rings is 3. The first-order valence-electron chi connectivity index (χ1n) is 11.1. The maximum absolute atomic E-state index is 13.7. The third-order valence-corrected chi connectivity index (χ3v) is 6.79. The zero-order valence-corrected chi connectivity index (χ0v) is 19.6. The summed E-state index contributed by atoms with van der Waals surface area (Å²) in [5.74, 6) is 1.03. The summed E-state index contributed by atoms with van der Waals surface area (Å²) in [6.07, 6.45) is 1.08. The number of hydrogen-bond acceptors (Lipinski definition) is 6. The van der Waals surface area contributed by atoms with Gasteiger partial charge in [-0.2, -0.15) is 0 Å². The normalized spacial score (nSPS) is 19.3. The molecule has 1 aliphatic heterocycles. The summed E-state index contributed by atoms with van der Waals surface area (Å²) in [5.41, 5.74) is 5.16. The van der Waals surface area contributed by atoms with Crippen LogP contribution in [0, 0.1) is 0 Å². The number of ketones is 1. The SMILES string of the molecule is COc1ccc([C@@H]2CC(=O)C3=C(C2)Nc2ccccc2N[C@H]3c2cc(Cl)c(O)c(OC)c2)cc1. The zero-order chi connectivity index (χ0) is 23.8. The number of fused-ring (bicyclic) bond motifs is 1. The van der Waals surface area contributed by atoms with E-state index in [4.69, 9.17) is 21.1 Å². The van der Waals surface area contributed by atoms with Gasteiger partial charge in [-0.1, -0.05) is 35.9 Å². The fourth-order valence-corrected chi connectivity index (χ4v) is 4.99. The van der Waals surface area contributed by atoms with Crippen LogP contribution >= 0.6 is 11.6 Å². The summed E-state index contributed by atoms with van der Waals surface area (Å²) in [5, 5.41) is 17.5. The molecule has 0 amide bonds. The first-order chi connectivity index (χ1) is 16.5. The molecule has 0 aromatic heterocycles. The minimum Gasteiger partial charge on any atom is -0.503 e. The van der Waals surface area contributed by atoms with Gasteiger partial charge in [-0.05, 0) is 59.9 Å². The molecule has 0 fully saturated rings. The van der Waals surface area contributed by atoms with Crippen molar-refractivity contribution in [3.05, 3.63) is 88.1 Å². The van der Waals surface area contributed by atoms with E-state index < -0.39 is 6.04 Å². The average Bonchev–Trinajstić information content (AvgIpc) is 3.02. The molecular formula is C27H25ClN2O4. The van der Waals surface area contributed by atoms with E-state index in [0.717, 1.165) is 33.9 Å². The summed E-state index contributed by atoms with van der Waals surface area (Å²) in [6.45, 7) is 0. The predicted molar refractivity (Wildman–Crippen MR) is 133 cm³/mol. The van der Waals surface area contributed by atoms with Gasteiger partial charge in [0.05, 0.1) is 36.7 Å². The zero-order valence-electron chi connectivity index (χ0n) is 18.9. The van der Waals surface area contributed by atoms with Gasteiger partial charge in [-0.25, -0.2) is 0 Å². The molecule has 0 radical (unpaired) electrons. The highest BCUT2D eigenvalue weighted by Gasteiger charge is 2.36. The lowest BCUT2D eigenvalue weighted by atomic mass is 9.78. The molecule has 34 heavy (non-hydrogen) atoms. The number of rotatable bonds is 4. The van der Waals surface area contributed by atoms with Crippen LogP contribution in [-0.2, 0) is 4.79 Å². The molecule has 1 aliphatic carbocycles. The van der Waals surface area contributed by atoms with Crippen LogP contribution in [0.3, 0.4) is 0 Å². The van der Waals surface area contributed by atoms with Crippen LogP contribution in [0.25, 0.3) is 0 Å². The third kappa shape index (κ3) is 3.94. The Balaban J connectivity index is 1.61. The van der Waals surface area contributed by atoms with E-state index in [1.165, 1.54) is 7.11 Å². The van der Waals surface area contributed by atoms with E-state index in [2.05, 4.69) is 10.6 Å². The quantitative estimate of drug-likeness (QED) is 0.426. The number of carbonyl (C=O) groups excluding carboxylic acids is 1. The molecule has 0 unspecified atom stereocenters. The van der Waals surface area contributed by atoms with Crippen molar-refractivity contribution in [3.8, 4) is 17.2 Å². The number of Topliss-reactive ketones (excluding diaryl/α,β-unsaturated/α-hetero) is 1. The minimum atomic E-state index is -0.456. The van der Waals surface area contributed by atoms with Crippen LogP contribution in [0.5, 0.6) is 17.2 Å². The second kappa shape index (κ2) is 8.95. The van der Waals surface area contributed by atoms with Gasteiger partial charge in [-0.15, -0.1) is 0 Å². The lowest BCUT2D eigenvalue weighted by Gasteiger charge is -2.30. The summed E-state index contributed by atoms with van der Waals surface area (Å²) in [6, 6.07) is 18.7. The lowest BCUT2D eigenvalue weighted by Crippen LogP contribution is -2.27. The topological polar surface area (TPSA) is 79.8 Å². The van der Waals surface area contributed by atoms with Crippen molar-refractivity contribution in [1.82, 2.24) is 0 Å². The monoisotopic (exact) mass is 476 g/mol. The molecule has 1 heterocycles. The fourth-order valence-electron chi connectivity index (χ4n) is 4.77. The Bertz CT molecular complexity index is 1290. The molecule has 2 aliphatic rings. The van der Waals surface area contributed by atoms with E-state index in [9.17, 15) is 9.90 Å². The fraction of sp³-hybridized carbons (Fsp3) is 0.222. The molecule has 7 heteroatoms. The maximum atomic E-state index is 13.7. The van der Waals surface area contributed by atoms with Gasteiger partial charge in [0.2, 0.25) is 0 Å². The van der Waals surface area contributed by atoms with Gasteiger partial charge >= 0.3 is 0 Å². The van der Waals surface area contributed by atoms with Crippen molar-refractivity contribution in [2.24, 2.45) is 0 Å². The second-order valence-electron chi connectivity index (χ2n) is 8.50. The first kappa shape index (κ1) is 22.2. The van der Waals surface area contributed by atoms with E-state index in [-0.39, 0.29) is 28.2 Å². The van der Waals surface area contributed by atoms with Crippen LogP contribution in [-0.4, -0.2) is 25.1 Å². The molecule has 3 aromatic rings. The Morgan fingerprint density at radius 1 is 0.941 bits per heavy atom. The molecule has 0 saturated carbocycles. The minimum absolute atomic E-state index is 0.0495. The standard InChI is InChI=1S/C27H25ClN2O4/c1-33-18-9-7-15(8-10-18)16-12-22-25(23(31)13-16)26(30-21-6-4-3-5-20(21)29-22)17-11-19(28)27(32)24(14-17)34-2/h3-11,14,16,26,29-30,32H,12-13H2,1-2H3/t16-,26-/m0/s1. The van der Waals surface area contributed by atoms with Crippen LogP contribution in [0.1, 0.15) is 35.9 Å². The number of halogens is 1.